The molecule has 0 saturated carbocycles. The van der Waals surface area contributed by atoms with Gasteiger partial charge in [-0.25, -0.2) is 9.78 Å². The second kappa shape index (κ2) is 6.60. The molecule has 0 aliphatic rings. The van der Waals surface area contributed by atoms with E-state index in [0.717, 1.165) is 24.6 Å². The third-order valence-electron chi connectivity index (χ3n) is 2.18. The lowest BCUT2D eigenvalue weighted by molar-refractivity contribution is 0.0696. The summed E-state index contributed by atoms with van der Waals surface area (Å²) in [6.45, 7) is 6.03. The molecule has 1 heterocycles. The average molecular weight is 242 g/mol. The Balaban J connectivity index is 2.19. The number of hydrogen-bond donors (Lipinski definition) is 2. The first kappa shape index (κ1) is 13.1. The van der Waals surface area contributed by atoms with Crippen LogP contribution < -0.4 is 5.32 Å². The van der Waals surface area contributed by atoms with Gasteiger partial charge < -0.3 is 10.4 Å². The second-order valence-electron chi connectivity index (χ2n) is 4.16. The second-order valence-corrected chi connectivity index (χ2v) is 5.02. The van der Waals surface area contributed by atoms with Gasteiger partial charge in [-0.15, -0.1) is 11.3 Å². The number of hydrogen-bond acceptors (Lipinski definition) is 4. The third-order valence-corrected chi connectivity index (χ3v) is 3.05. The van der Waals surface area contributed by atoms with Crippen molar-refractivity contribution in [3.63, 3.8) is 0 Å². The SMILES string of the molecule is CC(C)CCCNCc1csc(C(=O)O)n1. The Morgan fingerprint density at radius 2 is 2.38 bits per heavy atom. The van der Waals surface area contributed by atoms with Gasteiger partial charge in [0.05, 0.1) is 5.69 Å². The summed E-state index contributed by atoms with van der Waals surface area (Å²) in [5.41, 5.74) is 0.812. The van der Waals surface area contributed by atoms with Crippen molar-refractivity contribution < 1.29 is 9.90 Å². The first-order chi connectivity index (χ1) is 7.59. The summed E-state index contributed by atoms with van der Waals surface area (Å²) in [6, 6.07) is 0. The summed E-state index contributed by atoms with van der Waals surface area (Å²) in [7, 11) is 0. The van der Waals surface area contributed by atoms with E-state index in [1.54, 1.807) is 5.38 Å². The van der Waals surface area contributed by atoms with Crippen molar-refractivity contribution in [2.45, 2.75) is 33.2 Å². The Bertz CT molecular complexity index is 336. The van der Waals surface area contributed by atoms with Gasteiger partial charge in [-0.2, -0.15) is 0 Å². The molecule has 1 aromatic rings. The number of carbonyl (C=O) groups is 1. The molecule has 16 heavy (non-hydrogen) atoms. The summed E-state index contributed by atoms with van der Waals surface area (Å²) < 4.78 is 0. The molecule has 0 radical (unpaired) electrons. The third kappa shape index (κ3) is 4.72. The van der Waals surface area contributed by atoms with E-state index in [9.17, 15) is 4.79 Å². The molecule has 0 saturated heterocycles. The van der Waals surface area contributed by atoms with Gasteiger partial charge >= 0.3 is 5.97 Å². The van der Waals surface area contributed by atoms with E-state index < -0.39 is 5.97 Å². The number of nitrogens with one attached hydrogen (secondary N) is 1. The van der Waals surface area contributed by atoms with Gasteiger partial charge in [-0.1, -0.05) is 13.8 Å². The van der Waals surface area contributed by atoms with Gasteiger partial charge in [-0.05, 0) is 25.3 Å². The molecular formula is C11H18N2O2S. The minimum Gasteiger partial charge on any atom is -0.476 e. The molecular weight excluding hydrogens is 224 g/mol. The fourth-order valence-corrected chi connectivity index (χ4v) is 1.99. The summed E-state index contributed by atoms with van der Waals surface area (Å²) in [5.74, 6) is -0.212. The molecule has 5 heteroatoms. The molecule has 0 aliphatic carbocycles. The van der Waals surface area contributed by atoms with Gasteiger partial charge in [0.25, 0.3) is 0 Å². The summed E-state index contributed by atoms with van der Waals surface area (Å²) in [6.07, 6.45) is 2.36. The van der Waals surface area contributed by atoms with Gasteiger partial charge in [0.2, 0.25) is 5.01 Å². The standard InChI is InChI=1S/C11H18N2O2S/c1-8(2)4-3-5-12-6-9-7-16-10(13-9)11(14)15/h7-8,12H,3-6H2,1-2H3,(H,14,15). The van der Waals surface area contributed by atoms with Crippen molar-refractivity contribution in [3.8, 4) is 0 Å². The maximum Gasteiger partial charge on any atom is 0.365 e. The molecule has 0 amide bonds. The number of carboxylic acids is 1. The van der Waals surface area contributed by atoms with Crippen molar-refractivity contribution in [3.05, 3.63) is 16.1 Å². The van der Waals surface area contributed by atoms with Crippen LogP contribution in [0, 0.1) is 5.92 Å². The van der Waals surface area contributed by atoms with Crippen LogP contribution in [0.25, 0.3) is 0 Å². The highest BCUT2D eigenvalue weighted by Crippen LogP contribution is 2.09. The van der Waals surface area contributed by atoms with Crippen LogP contribution in [0.15, 0.2) is 5.38 Å². The van der Waals surface area contributed by atoms with Gasteiger partial charge in [0.15, 0.2) is 0 Å². The van der Waals surface area contributed by atoms with E-state index in [0.29, 0.717) is 6.54 Å². The van der Waals surface area contributed by atoms with Gasteiger partial charge in [0, 0.05) is 11.9 Å². The molecule has 1 rings (SSSR count). The molecule has 0 unspecified atom stereocenters. The first-order valence-corrected chi connectivity index (χ1v) is 6.36. The molecule has 1 aromatic heterocycles. The normalized spacial score (nSPS) is 10.9. The Morgan fingerprint density at radius 1 is 1.62 bits per heavy atom. The highest BCUT2D eigenvalue weighted by atomic mass is 32.1. The smallest absolute Gasteiger partial charge is 0.365 e. The lowest BCUT2D eigenvalue weighted by Gasteiger charge is -2.04. The van der Waals surface area contributed by atoms with E-state index in [-0.39, 0.29) is 5.01 Å². The molecule has 0 bridgehead atoms. The van der Waals surface area contributed by atoms with Crippen LogP contribution in [0.5, 0.6) is 0 Å². The van der Waals surface area contributed by atoms with Crippen molar-refractivity contribution >= 4 is 17.3 Å². The zero-order chi connectivity index (χ0) is 12.0. The fraction of sp³-hybridized carbons (Fsp3) is 0.636. The van der Waals surface area contributed by atoms with Crippen LogP contribution in [-0.2, 0) is 6.54 Å². The Kier molecular flexibility index (Phi) is 5.42. The maximum atomic E-state index is 10.6. The van der Waals surface area contributed by atoms with Crippen LogP contribution in [0.3, 0.4) is 0 Å². The molecule has 90 valence electrons. The molecule has 0 spiro atoms. The summed E-state index contributed by atoms with van der Waals surface area (Å²) in [5, 5.41) is 13.9. The Labute approximate surface area is 99.7 Å². The average Bonchev–Trinajstić information content (AvgIpc) is 2.65. The zero-order valence-corrected chi connectivity index (χ0v) is 10.5. The maximum absolute atomic E-state index is 10.6. The molecule has 0 fully saturated rings. The van der Waals surface area contributed by atoms with E-state index >= 15 is 0 Å². The number of thiazole rings is 1. The number of nitrogens with zero attached hydrogens (tertiary/aromatic N) is 1. The van der Waals surface area contributed by atoms with E-state index in [1.165, 1.54) is 17.8 Å². The predicted molar refractivity (Wildman–Crippen MR) is 64.9 cm³/mol. The van der Waals surface area contributed by atoms with Crippen LogP contribution in [0.2, 0.25) is 0 Å². The first-order valence-electron chi connectivity index (χ1n) is 5.48. The lowest BCUT2D eigenvalue weighted by atomic mass is 10.1. The van der Waals surface area contributed by atoms with E-state index in [1.807, 2.05) is 0 Å². The quantitative estimate of drug-likeness (QED) is 0.721. The van der Waals surface area contributed by atoms with Crippen molar-refractivity contribution in [2.75, 3.05) is 6.54 Å². The van der Waals surface area contributed by atoms with Gasteiger partial charge in [-0.3, -0.25) is 0 Å². The van der Waals surface area contributed by atoms with Gasteiger partial charge in [0.1, 0.15) is 0 Å². The predicted octanol–water partition coefficient (Wildman–Crippen LogP) is 2.37. The number of carboxylic acid groups (broad SMARTS) is 1. The molecule has 2 N–H and O–H groups in total. The monoisotopic (exact) mass is 242 g/mol. The zero-order valence-electron chi connectivity index (χ0n) is 9.69. The Hall–Kier alpha value is -0.940. The number of aromatic carboxylic acids is 1. The molecule has 0 aliphatic heterocycles. The highest BCUT2D eigenvalue weighted by Gasteiger charge is 2.07. The van der Waals surface area contributed by atoms with Crippen LogP contribution in [-0.4, -0.2) is 22.6 Å². The largest absolute Gasteiger partial charge is 0.476 e. The molecule has 0 atom stereocenters. The number of aromatic nitrogens is 1. The van der Waals surface area contributed by atoms with Crippen molar-refractivity contribution in [1.29, 1.82) is 0 Å². The highest BCUT2D eigenvalue weighted by molar-refractivity contribution is 7.11. The summed E-state index contributed by atoms with van der Waals surface area (Å²) in [4.78, 5) is 14.6. The topological polar surface area (TPSA) is 62.2 Å². The molecule has 0 aromatic carbocycles. The van der Waals surface area contributed by atoms with Crippen LogP contribution in [0.1, 0.15) is 42.2 Å². The molecule has 4 nitrogen and oxygen atoms in total. The fourth-order valence-electron chi connectivity index (χ4n) is 1.34. The summed E-state index contributed by atoms with van der Waals surface area (Å²) >= 11 is 1.18. The minimum atomic E-state index is -0.948. The minimum absolute atomic E-state index is 0.166. The van der Waals surface area contributed by atoms with Crippen molar-refractivity contribution in [1.82, 2.24) is 10.3 Å². The van der Waals surface area contributed by atoms with Crippen LogP contribution in [0.4, 0.5) is 0 Å². The lowest BCUT2D eigenvalue weighted by Crippen LogP contribution is -2.15. The Morgan fingerprint density at radius 3 is 2.94 bits per heavy atom. The number of rotatable bonds is 7. The van der Waals surface area contributed by atoms with Crippen molar-refractivity contribution in [2.24, 2.45) is 5.92 Å². The van der Waals surface area contributed by atoms with E-state index in [2.05, 4.69) is 24.1 Å². The van der Waals surface area contributed by atoms with E-state index in [4.69, 9.17) is 5.11 Å². The van der Waals surface area contributed by atoms with Crippen LogP contribution >= 0.6 is 11.3 Å².